The number of carbonyl (C=O) groups is 1. The molecular formula is C13H17F2N3O. The van der Waals surface area contributed by atoms with Gasteiger partial charge in [-0.1, -0.05) is 0 Å². The van der Waals surface area contributed by atoms with Gasteiger partial charge in [-0.05, 0) is 30.5 Å². The minimum Gasteiger partial charge on any atom is -0.368 e. The van der Waals surface area contributed by atoms with Crippen LogP contribution >= 0.6 is 0 Å². The Morgan fingerprint density at radius 3 is 2.47 bits per heavy atom. The maximum absolute atomic E-state index is 13.9. The maximum Gasteiger partial charge on any atom is 0.236 e. The lowest BCUT2D eigenvalue weighted by molar-refractivity contribution is -0.116. The molecule has 0 spiro atoms. The summed E-state index contributed by atoms with van der Waals surface area (Å²) in [7, 11) is 1.42. The first-order valence-corrected chi connectivity index (χ1v) is 6.18. The molecule has 1 fully saturated rings. The molecule has 0 unspecified atom stereocenters. The Bertz CT molecular complexity index is 466. The molecule has 19 heavy (non-hydrogen) atoms. The lowest BCUT2D eigenvalue weighted by atomic mass is 10.1. The lowest BCUT2D eigenvalue weighted by Crippen LogP contribution is -2.31. The molecule has 0 bridgehead atoms. The smallest absolute Gasteiger partial charge is 0.236 e. The third-order valence-corrected chi connectivity index (χ3v) is 3.02. The number of anilines is 1. The molecule has 1 saturated carbocycles. The number of likely N-dealkylation sites (N-methyl/N-ethyl adjacent to an activating group) is 1. The molecule has 6 heteroatoms. The van der Waals surface area contributed by atoms with Crippen LogP contribution in [0.25, 0.3) is 0 Å². The molecule has 4 nitrogen and oxygen atoms in total. The van der Waals surface area contributed by atoms with Crippen LogP contribution in [0, 0.1) is 11.6 Å². The Morgan fingerprint density at radius 2 is 2.00 bits per heavy atom. The molecule has 0 saturated heterocycles. The van der Waals surface area contributed by atoms with Gasteiger partial charge >= 0.3 is 0 Å². The number of rotatable bonds is 6. The van der Waals surface area contributed by atoms with E-state index in [0.717, 1.165) is 12.8 Å². The van der Waals surface area contributed by atoms with Gasteiger partial charge in [0.15, 0.2) is 0 Å². The third kappa shape index (κ3) is 3.64. The van der Waals surface area contributed by atoms with Crippen molar-refractivity contribution in [3.05, 3.63) is 29.3 Å². The summed E-state index contributed by atoms with van der Waals surface area (Å²) in [4.78, 5) is 12.0. The topological polar surface area (TPSA) is 58.4 Å². The second-order valence-corrected chi connectivity index (χ2v) is 4.89. The van der Waals surface area contributed by atoms with Crippen LogP contribution in [0.4, 0.5) is 14.5 Å². The van der Waals surface area contributed by atoms with Gasteiger partial charge in [-0.3, -0.25) is 4.79 Å². The first-order valence-electron chi connectivity index (χ1n) is 6.18. The van der Waals surface area contributed by atoms with E-state index in [1.54, 1.807) is 0 Å². The number of nitrogens with zero attached hydrogens (tertiary/aromatic N) is 1. The van der Waals surface area contributed by atoms with Gasteiger partial charge in [-0.2, -0.15) is 0 Å². The summed E-state index contributed by atoms with van der Waals surface area (Å²) in [5.74, 6) is -2.01. The molecule has 0 atom stereocenters. The molecule has 1 aliphatic carbocycles. The largest absolute Gasteiger partial charge is 0.368 e. The van der Waals surface area contributed by atoms with Crippen LogP contribution in [-0.2, 0) is 11.3 Å². The lowest BCUT2D eigenvalue weighted by Gasteiger charge is -2.19. The molecular weight excluding hydrogens is 252 g/mol. The highest BCUT2D eigenvalue weighted by molar-refractivity contribution is 5.79. The van der Waals surface area contributed by atoms with E-state index >= 15 is 0 Å². The minimum absolute atomic E-state index is 0.228. The third-order valence-electron chi connectivity index (χ3n) is 3.02. The zero-order chi connectivity index (χ0) is 14.0. The van der Waals surface area contributed by atoms with Gasteiger partial charge < -0.3 is 16.0 Å². The molecule has 0 radical (unpaired) electrons. The number of nitrogens with one attached hydrogen (secondary N) is 1. The zero-order valence-electron chi connectivity index (χ0n) is 10.7. The van der Waals surface area contributed by atoms with Crippen molar-refractivity contribution in [2.24, 2.45) is 5.73 Å². The standard InChI is InChI=1S/C13H17F2N3O/c1-18(7-12(16)19)13-10(14)4-8(5-11(13)15)6-17-9-2-3-9/h4-5,9,17H,2-3,6-7H2,1H3,(H2,16,19). The van der Waals surface area contributed by atoms with Crippen LogP contribution in [0.3, 0.4) is 0 Å². The fourth-order valence-corrected chi connectivity index (χ4v) is 1.95. The number of hydrogen-bond acceptors (Lipinski definition) is 3. The first-order chi connectivity index (χ1) is 8.97. The molecule has 1 aromatic rings. The number of hydrogen-bond donors (Lipinski definition) is 2. The summed E-state index contributed by atoms with van der Waals surface area (Å²) < 4.78 is 27.8. The van der Waals surface area contributed by atoms with E-state index < -0.39 is 17.5 Å². The second kappa shape index (κ2) is 5.52. The Labute approximate surface area is 110 Å². The van der Waals surface area contributed by atoms with Crippen molar-refractivity contribution in [1.29, 1.82) is 0 Å². The van der Waals surface area contributed by atoms with E-state index in [2.05, 4.69) is 5.32 Å². The zero-order valence-corrected chi connectivity index (χ0v) is 10.7. The number of amides is 1. The van der Waals surface area contributed by atoms with Crippen LogP contribution in [0.15, 0.2) is 12.1 Å². The second-order valence-electron chi connectivity index (χ2n) is 4.89. The molecule has 1 aromatic carbocycles. The minimum atomic E-state index is -0.684. The average molecular weight is 269 g/mol. The van der Waals surface area contributed by atoms with Crippen molar-refractivity contribution >= 4 is 11.6 Å². The van der Waals surface area contributed by atoms with Crippen LogP contribution in [0.2, 0.25) is 0 Å². The van der Waals surface area contributed by atoms with Crippen molar-refractivity contribution in [2.45, 2.75) is 25.4 Å². The fraction of sp³-hybridized carbons (Fsp3) is 0.462. The van der Waals surface area contributed by atoms with E-state index in [1.165, 1.54) is 24.1 Å². The van der Waals surface area contributed by atoms with Gasteiger partial charge in [-0.15, -0.1) is 0 Å². The van der Waals surface area contributed by atoms with E-state index in [4.69, 9.17) is 5.73 Å². The summed E-state index contributed by atoms with van der Waals surface area (Å²) in [5.41, 5.74) is 5.34. The molecule has 104 valence electrons. The molecule has 0 aliphatic heterocycles. The molecule has 1 aliphatic rings. The van der Waals surface area contributed by atoms with Gasteiger partial charge in [0.2, 0.25) is 5.91 Å². The molecule has 2 rings (SSSR count). The van der Waals surface area contributed by atoms with E-state index in [-0.39, 0.29) is 12.2 Å². The molecule has 1 amide bonds. The van der Waals surface area contributed by atoms with Crippen LogP contribution < -0.4 is 16.0 Å². The average Bonchev–Trinajstić information content (AvgIpc) is 3.07. The van der Waals surface area contributed by atoms with E-state index in [9.17, 15) is 13.6 Å². The molecule has 0 aromatic heterocycles. The highest BCUT2D eigenvalue weighted by Crippen LogP contribution is 2.25. The van der Waals surface area contributed by atoms with Crippen molar-refractivity contribution in [2.75, 3.05) is 18.5 Å². The Hall–Kier alpha value is -1.69. The van der Waals surface area contributed by atoms with Crippen molar-refractivity contribution < 1.29 is 13.6 Å². The van der Waals surface area contributed by atoms with Crippen molar-refractivity contribution in [3.8, 4) is 0 Å². The molecule has 3 N–H and O–H groups in total. The van der Waals surface area contributed by atoms with E-state index in [1.807, 2.05) is 0 Å². The summed E-state index contributed by atoms with van der Waals surface area (Å²) in [6.07, 6.45) is 2.23. The van der Waals surface area contributed by atoms with Crippen LogP contribution in [0.5, 0.6) is 0 Å². The highest BCUT2D eigenvalue weighted by atomic mass is 19.1. The number of carbonyl (C=O) groups excluding carboxylic acids is 1. The predicted molar refractivity (Wildman–Crippen MR) is 68.7 cm³/mol. The Morgan fingerprint density at radius 1 is 1.42 bits per heavy atom. The predicted octanol–water partition coefficient (Wildman–Crippen LogP) is 1.14. The number of benzene rings is 1. The van der Waals surface area contributed by atoms with Gasteiger partial charge in [0.05, 0.1) is 6.54 Å². The van der Waals surface area contributed by atoms with Gasteiger partial charge in [0.1, 0.15) is 17.3 Å². The number of primary amides is 1. The SMILES string of the molecule is CN(CC(N)=O)c1c(F)cc(CNC2CC2)cc1F. The summed E-state index contributed by atoms with van der Waals surface area (Å²) >= 11 is 0. The summed E-state index contributed by atoms with van der Waals surface area (Å²) in [6, 6.07) is 3.04. The number of halogens is 2. The monoisotopic (exact) mass is 269 g/mol. The Balaban J connectivity index is 2.13. The summed E-state index contributed by atoms with van der Waals surface area (Å²) in [5, 5.41) is 3.19. The quantitative estimate of drug-likeness (QED) is 0.814. The van der Waals surface area contributed by atoms with Crippen molar-refractivity contribution in [1.82, 2.24) is 5.32 Å². The first kappa shape index (κ1) is 13.7. The van der Waals surface area contributed by atoms with Crippen LogP contribution in [-0.4, -0.2) is 25.5 Å². The fourth-order valence-electron chi connectivity index (χ4n) is 1.95. The van der Waals surface area contributed by atoms with Gasteiger partial charge in [-0.25, -0.2) is 8.78 Å². The Kier molecular flexibility index (Phi) is 3.99. The normalized spacial score (nSPS) is 14.5. The van der Waals surface area contributed by atoms with Crippen molar-refractivity contribution in [3.63, 3.8) is 0 Å². The van der Waals surface area contributed by atoms with Gasteiger partial charge in [0, 0.05) is 19.6 Å². The number of nitrogens with two attached hydrogens (primary N) is 1. The molecule has 0 heterocycles. The highest BCUT2D eigenvalue weighted by Gasteiger charge is 2.21. The van der Waals surface area contributed by atoms with Crippen LogP contribution in [0.1, 0.15) is 18.4 Å². The van der Waals surface area contributed by atoms with Gasteiger partial charge in [0.25, 0.3) is 0 Å². The summed E-state index contributed by atoms with van der Waals surface area (Å²) in [6.45, 7) is 0.214. The van der Waals surface area contributed by atoms with E-state index in [0.29, 0.717) is 18.2 Å². The maximum atomic E-state index is 13.9.